The maximum atomic E-state index is 12.8. The molecule has 0 aliphatic carbocycles. The maximum absolute atomic E-state index is 12.8. The van der Waals surface area contributed by atoms with Crippen molar-refractivity contribution >= 4 is 29.2 Å². The molecule has 0 atom stereocenters. The highest BCUT2D eigenvalue weighted by atomic mass is 35.5. The predicted octanol–water partition coefficient (Wildman–Crippen LogP) is 3.89. The molecule has 0 radical (unpaired) electrons. The van der Waals surface area contributed by atoms with E-state index in [4.69, 9.17) is 11.6 Å². The van der Waals surface area contributed by atoms with Crippen LogP contribution in [0.15, 0.2) is 36.5 Å². The van der Waals surface area contributed by atoms with E-state index in [0.717, 1.165) is 37.9 Å². The van der Waals surface area contributed by atoms with Gasteiger partial charge in [0.05, 0.1) is 10.6 Å². The van der Waals surface area contributed by atoms with E-state index < -0.39 is 0 Å². The second kappa shape index (κ2) is 9.69. The van der Waals surface area contributed by atoms with Gasteiger partial charge in [0.1, 0.15) is 5.82 Å². The highest BCUT2D eigenvalue weighted by molar-refractivity contribution is 6.33. The molecule has 2 aliphatic heterocycles. The minimum absolute atomic E-state index is 0.00478. The van der Waals surface area contributed by atoms with Crippen LogP contribution >= 0.6 is 11.6 Å². The van der Waals surface area contributed by atoms with Crippen LogP contribution < -0.4 is 4.90 Å². The number of rotatable bonds is 4. The lowest BCUT2D eigenvalue weighted by molar-refractivity contribution is 0.0721. The molecule has 6 nitrogen and oxygen atoms in total. The number of carbonyl (C=O) groups is 2. The van der Waals surface area contributed by atoms with Crippen LogP contribution in [0, 0.1) is 0 Å². The van der Waals surface area contributed by atoms with Gasteiger partial charge in [-0.1, -0.05) is 30.7 Å². The van der Waals surface area contributed by atoms with Gasteiger partial charge in [-0.15, -0.1) is 0 Å². The van der Waals surface area contributed by atoms with E-state index in [1.807, 2.05) is 34.1 Å². The molecule has 1 aromatic carbocycles. The molecule has 0 saturated carbocycles. The third-order valence-electron chi connectivity index (χ3n) is 6.19. The number of benzene rings is 1. The summed E-state index contributed by atoms with van der Waals surface area (Å²) in [5.74, 6) is 0.741. The first-order valence-electron chi connectivity index (χ1n) is 11.1. The minimum Gasteiger partial charge on any atom is -0.352 e. The van der Waals surface area contributed by atoms with Gasteiger partial charge in [-0.3, -0.25) is 9.59 Å². The number of halogens is 1. The summed E-state index contributed by atoms with van der Waals surface area (Å²) in [7, 11) is 0. The Morgan fingerprint density at radius 3 is 2.10 bits per heavy atom. The van der Waals surface area contributed by atoms with E-state index in [1.54, 1.807) is 12.3 Å². The van der Waals surface area contributed by atoms with Crippen molar-refractivity contribution in [2.45, 2.75) is 32.6 Å². The normalized spacial score (nSPS) is 17.0. The Hall–Kier alpha value is -2.60. The first-order valence-corrected chi connectivity index (χ1v) is 11.5. The molecular formula is C24H29ClN4O2. The molecule has 31 heavy (non-hydrogen) atoms. The molecule has 4 rings (SSSR count). The molecule has 1 aromatic heterocycles. The van der Waals surface area contributed by atoms with Crippen molar-refractivity contribution in [3.05, 3.63) is 58.2 Å². The zero-order valence-corrected chi connectivity index (χ0v) is 18.8. The van der Waals surface area contributed by atoms with Crippen LogP contribution in [0.2, 0.25) is 5.02 Å². The van der Waals surface area contributed by atoms with Crippen LogP contribution in [0.5, 0.6) is 0 Å². The number of amides is 2. The molecule has 0 unspecified atom stereocenters. The number of pyridine rings is 1. The van der Waals surface area contributed by atoms with Crippen molar-refractivity contribution < 1.29 is 9.59 Å². The lowest BCUT2D eigenvalue weighted by Gasteiger charge is -2.36. The fourth-order valence-corrected chi connectivity index (χ4v) is 4.53. The molecule has 2 saturated heterocycles. The Bertz CT molecular complexity index is 933. The van der Waals surface area contributed by atoms with Crippen LogP contribution in [0.25, 0.3) is 0 Å². The number of likely N-dealkylation sites (tertiary alicyclic amines) is 1. The standard InChI is InChI=1S/C24H29ClN4O2/c1-2-18-6-8-19(9-7-18)23(30)29-14-12-27(13-15-29)22-21(25)16-20(17-26-22)24(31)28-10-4-3-5-11-28/h6-9,16-17H,2-5,10-15H2,1H3. The lowest BCUT2D eigenvalue weighted by Crippen LogP contribution is -2.49. The Morgan fingerprint density at radius 2 is 1.48 bits per heavy atom. The Kier molecular flexibility index (Phi) is 6.76. The number of aromatic nitrogens is 1. The SMILES string of the molecule is CCc1ccc(C(=O)N2CCN(c3ncc(C(=O)N4CCCCC4)cc3Cl)CC2)cc1. The number of aryl methyl sites for hydroxylation is 1. The summed E-state index contributed by atoms with van der Waals surface area (Å²) in [6.07, 6.45) is 5.88. The monoisotopic (exact) mass is 440 g/mol. The minimum atomic E-state index is 0.00478. The average molecular weight is 441 g/mol. The zero-order chi connectivity index (χ0) is 21.8. The van der Waals surface area contributed by atoms with E-state index in [2.05, 4.69) is 16.8 Å². The Balaban J connectivity index is 1.38. The van der Waals surface area contributed by atoms with Crippen LogP contribution in [0.4, 0.5) is 5.82 Å². The van der Waals surface area contributed by atoms with Crippen molar-refractivity contribution in [1.82, 2.24) is 14.8 Å². The summed E-state index contributed by atoms with van der Waals surface area (Å²) < 4.78 is 0. The topological polar surface area (TPSA) is 56.8 Å². The highest BCUT2D eigenvalue weighted by Crippen LogP contribution is 2.26. The van der Waals surface area contributed by atoms with E-state index >= 15 is 0 Å². The first-order chi connectivity index (χ1) is 15.1. The molecule has 0 bridgehead atoms. The van der Waals surface area contributed by atoms with Gasteiger partial charge in [0, 0.05) is 51.0 Å². The van der Waals surface area contributed by atoms with Crippen molar-refractivity contribution in [2.24, 2.45) is 0 Å². The maximum Gasteiger partial charge on any atom is 0.255 e. The van der Waals surface area contributed by atoms with Crippen molar-refractivity contribution in [3.8, 4) is 0 Å². The van der Waals surface area contributed by atoms with Crippen molar-refractivity contribution in [2.75, 3.05) is 44.2 Å². The number of anilines is 1. The number of piperazine rings is 1. The molecule has 2 amide bonds. The van der Waals surface area contributed by atoms with Gasteiger partial charge in [-0.25, -0.2) is 4.98 Å². The molecular weight excluding hydrogens is 412 g/mol. The number of piperidine rings is 1. The van der Waals surface area contributed by atoms with Crippen LogP contribution in [-0.2, 0) is 6.42 Å². The predicted molar refractivity (Wildman–Crippen MR) is 123 cm³/mol. The largest absolute Gasteiger partial charge is 0.352 e. The number of nitrogens with zero attached hydrogens (tertiary/aromatic N) is 4. The quantitative estimate of drug-likeness (QED) is 0.723. The van der Waals surface area contributed by atoms with E-state index in [-0.39, 0.29) is 11.8 Å². The van der Waals surface area contributed by atoms with Gasteiger partial charge in [0.25, 0.3) is 11.8 Å². The van der Waals surface area contributed by atoms with E-state index in [0.29, 0.717) is 42.6 Å². The first kappa shape index (κ1) is 21.6. The summed E-state index contributed by atoms with van der Waals surface area (Å²) in [4.78, 5) is 35.9. The van der Waals surface area contributed by atoms with Crippen molar-refractivity contribution in [3.63, 3.8) is 0 Å². The van der Waals surface area contributed by atoms with Crippen LogP contribution in [-0.4, -0.2) is 65.9 Å². The molecule has 7 heteroatoms. The summed E-state index contributed by atoms with van der Waals surface area (Å²) in [6, 6.07) is 9.57. The van der Waals surface area contributed by atoms with Gasteiger partial charge in [-0.05, 0) is 49.4 Å². The zero-order valence-electron chi connectivity index (χ0n) is 18.0. The molecule has 2 aliphatic rings. The smallest absolute Gasteiger partial charge is 0.255 e. The number of carbonyl (C=O) groups excluding carboxylic acids is 2. The average Bonchev–Trinajstić information content (AvgIpc) is 2.84. The van der Waals surface area contributed by atoms with Crippen molar-refractivity contribution in [1.29, 1.82) is 0 Å². The van der Waals surface area contributed by atoms with Gasteiger partial charge in [0.15, 0.2) is 0 Å². The van der Waals surface area contributed by atoms with E-state index in [9.17, 15) is 9.59 Å². The molecule has 0 spiro atoms. The molecule has 3 heterocycles. The Labute approximate surface area is 188 Å². The number of hydrogen-bond acceptors (Lipinski definition) is 4. The van der Waals surface area contributed by atoms with E-state index in [1.165, 1.54) is 12.0 Å². The summed E-state index contributed by atoms with van der Waals surface area (Å²) in [6.45, 7) is 6.24. The molecule has 0 N–H and O–H groups in total. The highest BCUT2D eigenvalue weighted by Gasteiger charge is 2.25. The van der Waals surface area contributed by atoms with Gasteiger partial charge < -0.3 is 14.7 Å². The summed E-state index contributed by atoms with van der Waals surface area (Å²) >= 11 is 6.51. The second-order valence-electron chi connectivity index (χ2n) is 8.21. The molecule has 2 aromatic rings. The summed E-state index contributed by atoms with van der Waals surface area (Å²) in [5, 5.41) is 0.484. The van der Waals surface area contributed by atoms with Gasteiger partial charge in [-0.2, -0.15) is 0 Å². The fraction of sp³-hybridized carbons (Fsp3) is 0.458. The number of hydrogen-bond donors (Lipinski definition) is 0. The van der Waals surface area contributed by atoms with Gasteiger partial charge >= 0.3 is 0 Å². The van der Waals surface area contributed by atoms with Crippen LogP contribution in [0.1, 0.15) is 52.5 Å². The summed E-state index contributed by atoms with van der Waals surface area (Å²) in [5.41, 5.74) is 2.49. The Morgan fingerprint density at radius 1 is 0.871 bits per heavy atom. The van der Waals surface area contributed by atoms with Gasteiger partial charge in [0.2, 0.25) is 0 Å². The third kappa shape index (κ3) is 4.85. The molecule has 2 fully saturated rings. The third-order valence-corrected chi connectivity index (χ3v) is 6.47. The fourth-order valence-electron chi connectivity index (χ4n) is 4.25. The lowest BCUT2D eigenvalue weighted by atomic mass is 10.1. The van der Waals surface area contributed by atoms with Crippen LogP contribution in [0.3, 0.4) is 0 Å². The molecule has 164 valence electrons. The second-order valence-corrected chi connectivity index (χ2v) is 8.62.